The van der Waals surface area contributed by atoms with Gasteiger partial charge in [-0.1, -0.05) is 78.4 Å². The van der Waals surface area contributed by atoms with Gasteiger partial charge in [0, 0.05) is 29.1 Å². The summed E-state index contributed by atoms with van der Waals surface area (Å²) in [6.07, 6.45) is 0. The molecule has 2 heterocycles. The van der Waals surface area contributed by atoms with Crippen molar-refractivity contribution in [1.82, 2.24) is 5.32 Å². The van der Waals surface area contributed by atoms with Crippen LogP contribution in [-0.4, -0.2) is 11.7 Å². The van der Waals surface area contributed by atoms with E-state index >= 15 is 0 Å². The second kappa shape index (κ2) is 6.92. The average molecular weight is 396 g/mol. The zero-order valence-corrected chi connectivity index (χ0v) is 17.1. The fraction of sp³-hybridized carbons (Fsp3) is 0.231. The molecule has 4 nitrogen and oxygen atoms in total. The van der Waals surface area contributed by atoms with Crippen LogP contribution in [0.3, 0.4) is 0 Å². The topological polar surface area (TPSA) is 58.2 Å². The lowest BCUT2D eigenvalue weighted by molar-refractivity contribution is -0.123. The summed E-state index contributed by atoms with van der Waals surface area (Å²) in [5, 5.41) is 6.74. The van der Waals surface area contributed by atoms with Crippen LogP contribution in [0.25, 0.3) is 0 Å². The number of ketones is 1. The van der Waals surface area contributed by atoms with Crippen molar-refractivity contribution in [3.8, 4) is 0 Å². The minimum atomic E-state index is -1.00. The molecule has 0 unspecified atom stereocenters. The van der Waals surface area contributed by atoms with E-state index in [1.165, 1.54) is 0 Å². The molecule has 4 atom stereocenters. The highest BCUT2D eigenvalue weighted by Gasteiger charge is 2.63. The van der Waals surface area contributed by atoms with Crippen LogP contribution in [0.4, 0.5) is 5.69 Å². The van der Waals surface area contributed by atoms with Gasteiger partial charge in [-0.25, -0.2) is 0 Å². The fourth-order valence-corrected chi connectivity index (χ4v) is 5.31. The first-order valence-electron chi connectivity index (χ1n) is 10.3. The van der Waals surface area contributed by atoms with Gasteiger partial charge in [0.25, 0.3) is 0 Å². The quantitative estimate of drug-likeness (QED) is 0.686. The van der Waals surface area contributed by atoms with E-state index in [9.17, 15) is 9.59 Å². The Hall–Kier alpha value is -3.24. The van der Waals surface area contributed by atoms with E-state index in [0.717, 1.165) is 27.9 Å². The van der Waals surface area contributed by atoms with E-state index in [-0.39, 0.29) is 29.6 Å². The fourth-order valence-electron chi connectivity index (χ4n) is 5.31. The van der Waals surface area contributed by atoms with Crippen molar-refractivity contribution in [2.75, 3.05) is 5.32 Å². The number of nitrogens with one attached hydrogen (secondary N) is 2. The molecule has 1 amide bonds. The van der Waals surface area contributed by atoms with Gasteiger partial charge in [-0.2, -0.15) is 0 Å². The minimum absolute atomic E-state index is 0.0796. The van der Waals surface area contributed by atoms with E-state index in [1.807, 2.05) is 79.7 Å². The maximum absolute atomic E-state index is 13.6. The van der Waals surface area contributed by atoms with E-state index in [2.05, 4.69) is 16.7 Å². The van der Waals surface area contributed by atoms with Crippen LogP contribution in [0.1, 0.15) is 41.1 Å². The van der Waals surface area contributed by atoms with Gasteiger partial charge >= 0.3 is 0 Å². The first-order chi connectivity index (χ1) is 14.5. The molecule has 0 saturated carbocycles. The maximum atomic E-state index is 13.6. The van der Waals surface area contributed by atoms with Crippen molar-refractivity contribution < 1.29 is 9.59 Å². The van der Waals surface area contributed by atoms with Gasteiger partial charge in [0.1, 0.15) is 11.3 Å². The Morgan fingerprint density at radius 1 is 0.900 bits per heavy atom. The molecule has 0 aliphatic carbocycles. The van der Waals surface area contributed by atoms with Crippen LogP contribution >= 0.6 is 0 Å². The summed E-state index contributed by atoms with van der Waals surface area (Å²) in [5.41, 5.74) is 3.83. The molecule has 150 valence electrons. The standard InChI is InChI=1S/C26H24N2O2/c1-16-13-14-21-20(15-16)26(25(30)27-21)23(18-9-5-3-6-10-18)22(17(2)29)24(28-26)19-11-7-4-8-12-19/h3-15,22-24,28H,1-2H3,(H,27,30)/t22-,23-,24-,26+/m1/s1. The smallest absolute Gasteiger partial charge is 0.250 e. The highest BCUT2D eigenvalue weighted by molar-refractivity contribution is 6.08. The number of anilines is 1. The van der Waals surface area contributed by atoms with Crippen molar-refractivity contribution in [2.24, 2.45) is 5.92 Å². The first-order valence-corrected chi connectivity index (χ1v) is 10.3. The zero-order chi connectivity index (χ0) is 20.9. The molecular weight excluding hydrogens is 372 g/mol. The number of aryl methyl sites for hydroxylation is 1. The van der Waals surface area contributed by atoms with Gasteiger partial charge in [0.15, 0.2) is 0 Å². The maximum Gasteiger partial charge on any atom is 0.250 e. The van der Waals surface area contributed by atoms with Crippen LogP contribution in [0, 0.1) is 12.8 Å². The lowest BCUT2D eigenvalue weighted by atomic mass is 9.70. The molecule has 0 aromatic heterocycles. The summed E-state index contributed by atoms with van der Waals surface area (Å²) in [7, 11) is 0. The monoisotopic (exact) mass is 396 g/mol. The Bertz CT molecular complexity index is 1130. The number of Topliss-reactive ketones (excluding diaryl/α,β-unsaturated/α-hetero) is 1. The molecule has 4 heteroatoms. The van der Waals surface area contributed by atoms with Crippen LogP contribution in [0.5, 0.6) is 0 Å². The summed E-state index contributed by atoms with van der Waals surface area (Å²) in [4.78, 5) is 26.7. The molecule has 2 aliphatic heterocycles. The molecule has 2 aliphatic rings. The second-order valence-corrected chi connectivity index (χ2v) is 8.37. The minimum Gasteiger partial charge on any atom is -0.324 e. The molecule has 30 heavy (non-hydrogen) atoms. The molecule has 0 bridgehead atoms. The molecule has 3 aromatic carbocycles. The number of rotatable bonds is 3. The number of benzene rings is 3. The number of hydrogen-bond donors (Lipinski definition) is 2. The van der Waals surface area contributed by atoms with Gasteiger partial charge < -0.3 is 5.32 Å². The molecule has 0 radical (unpaired) electrons. The van der Waals surface area contributed by atoms with E-state index in [4.69, 9.17) is 0 Å². The van der Waals surface area contributed by atoms with Crippen LogP contribution < -0.4 is 10.6 Å². The predicted molar refractivity (Wildman–Crippen MR) is 117 cm³/mol. The summed E-state index contributed by atoms with van der Waals surface area (Å²) >= 11 is 0. The number of fused-ring (bicyclic) bond motifs is 2. The first kappa shape index (κ1) is 18.8. The SMILES string of the molecule is CC(=O)[C@H]1[C@@H](c2ccccc2)N[C@]2(C(=O)Nc3ccc(C)cc32)[C@@H]1c1ccccc1. The summed E-state index contributed by atoms with van der Waals surface area (Å²) in [6, 6.07) is 25.7. The third-order valence-corrected chi connectivity index (χ3v) is 6.56. The summed E-state index contributed by atoms with van der Waals surface area (Å²) in [5.74, 6) is -0.700. The molecular formula is C26H24N2O2. The molecule has 1 spiro atoms. The average Bonchev–Trinajstić information content (AvgIpc) is 3.26. The largest absolute Gasteiger partial charge is 0.324 e. The summed E-state index contributed by atoms with van der Waals surface area (Å²) in [6.45, 7) is 3.67. The molecule has 1 saturated heterocycles. The Morgan fingerprint density at radius 3 is 2.17 bits per heavy atom. The van der Waals surface area contributed by atoms with Crippen LogP contribution in [0.2, 0.25) is 0 Å². The number of hydrogen-bond acceptors (Lipinski definition) is 3. The normalized spacial score (nSPS) is 27.1. The van der Waals surface area contributed by atoms with Crippen LogP contribution in [0.15, 0.2) is 78.9 Å². The van der Waals surface area contributed by atoms with Crippen molar-refractivity contribution in [1.29, 1.82) is 0 Å². The van der Waals surface area contributed by atoms with E-state index < -0.39 is 5.54 Å². The van der Waals surface area contributed by atoms with Gasteiger partial charge in [-0.15, -0.1) is 0 Å². The zero-order valence-electron chi connectivity index (χ0n) is 17.1. The number of carbonyl (C=O) groups excluding carboxylic acids is 2. The summed E-state index contributed by atoms with van der Waals surface area (Å²) < 4.78 is 0. The third-order valence-electron chi connectivity index (χ3n) is 6.56. The molecule has 1 fully saturated rings. The highest BCUT2D eigenvalue weighted by atomic mass is 16.2. The molecule has 3 aromatic rings. The Morgan fingerprint density at radius 2 is 1.53 bits per heavy atom. The lowest BCUT2D eigenvalue weighted by Gasteiger charge is -2.32. The molecule has 2 N–H and O–H groups in total. The number of amides is 1. The predicted octanol–water partition coefficient (Wildman–Crippen LogP) is 4.48. The van der Waals surface area contributed by atoms with Crippen LogP contribution in [-0.2, 0) is 15.1 Å². The Balaban J connectivity index is 1.79. The van der Waals surface area contributed by atoms with Crippen molar-refractivity contribution in [3.63, 3.8) is 0 Å². The Labute approximate surface area is 176 Å². The molecule has 5 rings (SSSR count). The lowest BCUT2D eigenvalue weighted by Crippen LogP contribution is -2.47. The van der Waals surface area contributed by atoms with Crippen molar-refractivity contribution >= 4 is 17.4 Å². The van der Waals surface area contributed by atoms with Gasteiger partial charge in [-0.05, 0) is 31.0 Å². The highest BCUT2D eigenvalue weighted by Crippen LogP contribution is 2.57. The van der Waals surface area contributed by atoms with Crippen molar-refractivity contribution in [3.05, 3.63) is 101 Å². The van der Waals surface area contributed by atoms with Gasteiger partial charge in [-0.3, -0.25) is 14.9 Å². The second-order valence-electron chi connectivity index (χ2n) is 8.37. The van der Waals surface area contributed by atoms with E-state index in [0.29, 0.717) is 0 Å². The van der Waals surface area contributed by atoms with Gasteiger partial charge in [0.2, 0.25) is 5.91 Å². The van der Waals surface area contributed by atoms with Crippen molar-refractivity contribution in [2.45, 2.75) is 31.3 Å². The van der Waals surface area contributed by atoms with E-state index in [1.54, 1.807) is 6.92 Å². The van der Waals surface area contributed by atoms with Gasteiger partial charge in [0.05, 0.1) is 0 Å². The Kier molecular flexibility index (Phi) is 4.33. The third kappa shape index (κ3) is 2.64. The number of carbonyl (C=O) groups is 2.